The molecular formula is C8H16N2O2. The third-order valence-electron chi connectivity index (χ3n) is 1.79. The van der Waals surface area contributed by atoms with Gasteiger partial charge < -0.3 is 5.32 Å². The predicted molar refractivity (Wildman–Crippen MR) is 45.4 cm³/mol. The molecular weight excluding hydrogens is 156 g/mol. The zero-order valence-corrected chi connectivity index (χ0v) is 7.51. The predicted octanol–water partition coefficient (Wildman–Crippen LogP) is 0.150. The van der Waals surface area contributed by atoms with Gasteiger partial charge in [0.15, 0.2) is 0 Å². The van der Waals surface area contributed by atoms with Crippen LogP contribution < -0.4 is 5.32 Å². The molecule has 0 aromatic heterocycles. The number of rotatable bonds is 4. The number of hydrogen-bond donors (Lipinski definition) is 1. The summed E-state index contributed by atoms with van der Waals surface area (Å²) in [6.07, 6.45) is 2.11. The first-order chi connectivity index (χ1) is 5.84. The number of hydrogen-bond acceptors (Lipinski definition) is 3. The van der Waals surface area contributed by atoms with Crippen LogP contribution in [0.5, 0.6) is 0 Å². The summed E-state index contributed by atoms with van der Waals surface area (Å²) in [5.74, 6) is 0.0392. The van der Waals surface area contributed by atoms with Crippen molar-refractivity contribution < 1.29 is 9.63 Å². The number of nitrogens with one attached hydrogen (secondary N) is 1. The summed E-state index contributed by atoms with van der Waals surface area (Å²) in [5.41, 5.74) is 0. The van der Waals surface area contributed by atoms with Gasteiger partial charge in [0.25, 0.3) is 5.91 Å². The molecule has 1 rings (SSSR count). The van der Waals surface area contributed by atoms with Gasteiger partial charge in [0, 0.05) is 6.54 Å². The van der Waals surface area contributed by atoms with Crippen LogP contribution in [0.4, 0.5) is 0 Å². The van der Waals surface area contributed by atoms with Crippen LogP contribution in [0.15, 0.2) is 0 Å². The van der Waals surface area contributed by atoms with Crippen molar-refractivity contribution in [1.82, 2.24) is 10.4 Å². The Labute approximate surface area is 72.8 Å². The van der Waals surface area contributed by atoms with Gasteiger partial charge in [-0.2, -0.15) is 0 Å². The van der Waals surface area contributed by atoms with E-state index in [0.29, 0.717) is 19.7 Å². The molecule has 1 aliphatic rings. The number of piperazine rings is 1. The first-order valence-electron chi connectivity index (χ1n) is 4.48. The lowest BCUT2D eigenvalue weighted by Gasteiger charge is -2.26. The molecule has 0 atom stereocenters. The maximum atomic E-state index is 11.1. The molecule has 0 aliphatic carbocycles. The highest BCUT2D eigenvalue weighted by molar-refractivity contribution is 5.77. The summed E-state index contributed by atoms with van der Waals surface area (Å²) in [5, 5.41) is 4.45. The Morgan fingerprint density at radius 3 is 3.17 bits per heavy atom. The van der Waals surface area contributed by atoms with Crippen LogP contribution in [0.2, 0.25) is 0 Å². The minimum Gasteiger partial charge on any atom is -0.306 e. The van der Waals surface area contributed by atoms with Gasteiger partial charge in [0.05, 0.1) is 19.7 Å². The van der Waals surface area contributed by atoms with Gasteiger partial charge in [-0.1, -0.05) is 13.3 Å². The van der Waals surface area contributed by atoms with Crippen molar-refractivity contribution in [3.8, 4) is 0 Å². The summed E-state index contributed by atoms with van der Waals surface area (Å²) < 4.78 is 0. The fraction of sp³-hybridized carbons (Fsp3) is 0.875. The smallest absolute Gasteiger partial charge is 0.260 e. The number of amides is 1. The fourth-order valence-electron chi connectivity index (χ4n) is 1.04. The third-order valence-corrected chi connectivity index (χ3v) is 1.79. The highest BCUT2D eigenvalue weighted by atomic mass is 16.7. The van der Waals surface area contributed by atoms with E-state index in [-0.39, 0.29) is 5.91 Å². The lowest BCUT2D eigenvalue weighted by atomic mass is 10.4. The van der Waals surface area contributed by atoms with Gasteiger partial charge in [-0.15, -0.1) is 0 Å². The molecule has 0 bridgehead atoms. The molecule has 12 heavy (non-hydrogen) atoms. The van der Waals surface area contributed by atoms with E-state index < -0.39 is 0 Å². The van der Waals surface area contributed by atoms with Crippen molar-refractivity contribution in [3.63, 3.8) is 0 Å². The van der Waals surface area contributed by atoms with Gasteiger partial charge >= 0.3 is 0 Å². The monoisotopic (exact) mass is 172 g/mol. The van der Waals surface area contributed by atoms with Crippen molar-refractivity contribution in [3.05, 3.63) is 0 Å². The van der Waals surface area contributed by atoms with E-state index in [9.17, 15) is 4.79 Å². The number of carbonyl (C=O) groups excluding carboxylic acids is 1. The summed E-state index contributed by atoms with van der Waals surface area (Å²) in [6, 6.07) is 0. The Hall–Kier alpha value is -0.610. The molecule has 0 aromatic carbocycles. The molecule has 1 amide bonds. The van der Waals surface area contributed by atoms with Crippen molar-refractivity contribution in [2.24, 2.45) is 0 Å². The average molecular weight is 172 g/mol. The normalized spacial score (nSPS) is 18.4. The van der Waals surface area contributed by atoms with Crippen LogP contribution in [-0.4, -0.2) is 37.2 Å². The van der Waals surface area contributed by atoms with Crippen molar-refractivity contribution >= 4 is 5.91 Å². The molecule has 0 radical (unpaired) electrons. The van der Waals surface area contributed by atoms with Crippen molar-refractivity contribution in [2.75, 3.05) is 26.2 Å². The summed E-state index contributed by atoms with van der Waals surface area (Å²) >= 11 is 0. The SMILES string of the molecule is CCCCON1CCNCC1=O. The second-order valence-corrected chi connectivity index (χ2v) is 2.86. The van der Waals surface area contributed by atoms with E-state index in [4.69, 9.17) is 4.84 Å². The molecule has 1 saturated heterocycles. The molecule has 1 heterocycles. The fourth-order valence-corrected chi connectivity index (χ4v) is 1.04. The lowest BCUT2D eigenvalue weighted by molar-refractivity contribution is -0.189. The first-order valence-corrected chi connectivity index (χ1v) is 4.48. The van der Waals surface area contributed by atoms with Crippen LogP contribution in [0.25, 0.3) is 0 Å². The molecule has 0 unspecified atom stereocenters. The van der Waals surface area contributed by atoms with Gasteiger partial charge in [-0.25, -0.2) is 5.06 Å². The molecule has 4 heteroatoms. The topological polar surface area (TPSA) is 41.6 Å². The molecule has 4 nitrogen and oxygen atoms in total. The minimum atomic E-state index is 0.0392. The Bertz CT molecular complexity index is 150. The summed E-state index contributed by atoms with van der Waals surface area (Å²) in [4.78, 5) is 16.4. The van der Waals surface area contributed by atoms with Gasteiger partial charge in [0.1, 0.15) is 0 Å². The Balaban J connectivity index is 2.16. The number of unbranched alkanes of at least 4 members (excludes halogenated alkanes) is 1. The van der Waals surface area contributed by atoms with E-state index in [1.807, 2.05) is 0 Å². The van der Waals surface area contributed by atoms with E-state index >= 15 is 0 Å². The largest absolute Gasteiger partial charge is 0.306 e. The second kappa shape index (κ2) is 5.11. The zero-order valence-electron chi connectivity index (χ0n) is 7.51. The Morgan fingerprint density at radius 2 is 2.50 bits per heavy atom. The third kappa shape index (κ3) is 2.79. The average Bonchev–Trinajstić information content (AvgIpc) is 2.09. The maximum Gasteiger partial charge on any atom is 0.260 e. The lowest BCUT2D eigenvalue weighted by Crippen LogP contribution is -2.47. The first kappa shape index (κ1) is 9.48. The van der Waals surface area contributed by atoms with Crippen LogP contribution >= 0.6 is 0 Å². The van der Waals surface area contributed by atoms with Crippen LogP contribution in [0.1, 0.15) is 19.8 Å². The summed E-state index contributed by atoms with van der Waals surface area (Å²) in [6.45, 7) is 4.66. The highest BCUT2D eigenvalue weighted by Crippen LogP contribution is 1.97. The molecule has 0 spiro atoms. The van der Waals surface area contributed by atoms with E-state index in [1.54, 1.807) is 0 Å². The minimum absolute atomic E-state index is 0.0392. The van der Waals surface area contributed by atoms with Crippen LogP contribution in [-0.2, 0) is 9.63 Å². The Kier molecular flexibility index (Phi) is 4.04. The maximum absolute atomic E-state index is 11.1. The molecule has 1 N–H and O–H groups in total. The zero-order chi connectivity index (χ0) is 8.81. The molecule has 1 aliphatic heterocycles. The molecule has 70 valence electrons. The van der Waals surface area contributed by atoms with E-state index in [1.165, 1.54) is 5.06 Å². The number of carbonyl (C=O) groups is 1. The number of hydroxylamine groups is 2. The second-order valence-electron chi connectivity index (χ2n) is 2.86. The van der Waals surface area contributed by atoms with E-state index in [2.05, 4.69) is 12.2 Å². The molecule has 0 saturated carbocycles. The Morgan fingerprint density at radius 1 is 1.67 bits per heavy atom. The van der Waals surface area contributed by atoms with Crippen LogP contribution in [0.3, 0.4) is 0 Å². The van der Waals surface area contributed by atoms with Crippen molar-refractivity contribution in [2.45, 2.75) is 19.8 Å². The quantitative estimate of drug-likeness (QED) is 0.614. The highest BCUT2D eigenvalue weighted by Gasteiger charge is 2.17. The van der Waals surface area contributed by atoms with Crippen LogP contribution in [0, 0.1) is 0 Å². The number of nitrogens with zero attached hydrogens (tertiary/aromatic N) is 1. The molecule has 1 fully saturated rings. The standard InChI is InChI=1S/C8H16N2O2/c1-2-3-6-12-10-5-4-9-7-8(10)11/h9H,2-7H2,1H3. The van der Waals surface area contributed by atoms with Gasteiger partial charge in [-0.05, 0) is 6.42 Å². The molecule has 0 aromatic rings. The van der Waals surface area contributed by atoms with Gasteiger partial charge in [-0.3, -0.25) is 9.63 Å². The van der Waals surface area contributed by atoms with E-state index in [0.717, 1.165) is 19.4 Å². The van der Waals surface area contributed by atoms with Gasteiger partial charge in [0.2, 0.25) is 0 Å². The summed E-state index contributed by atoms with van der Waals surface area (Å²) in [7, 11) is 0. The van der Waals surface area contributed by atoms with Crippen molar-refractivity contribution in [1.29, 1.82) is 0 Å².